The lowest BCUT2D eigenvalue weighted by Gasteiger charge is -2.25. The van der Waals surface area contributed by atoms with Gasteiger partial charge in [0.05, 0.1) is 10.6 Å². The molecule has 1 heterocycles. The monoisotopic (exact) mass is 556 g/mol. The smallest absolute Gasteiger partial charge is 0.191 e. The molecule has 2 aromatic rings. The summed E-state index contributed by atoms with van der Waals surface area (Å²) in [5.74, 6) is 0.841. The highest BCUT2D eigenvalue weighted by Gasteiger charge is 2.24. The average molecular weight is 557 g/mol. The number of likely N-dealkylation sites (tertiary alicyclic amines) is 1. The highest BCUT2D eigenvalue weighted by Crippen LogP contribution is 2.19. The number of guanidine groups is 1. The van der Waals surface area contributed by atoms with Gasteiger partial charge in [0.25, 0.3) is 0 Å². The average Bonchev–Trinajstić information content (AvgIpc) is 3.21. The van der Waals surface area contributed by atoms with Gasteiger partial charge in [0, 0.05) is 32.7 Å². The highest BCUT2D eigenvalue weighted by molar-refractivity contribution is 14.0. The fourth-order valence-corrected chi connectivity index (χ4v) is 5.13. The summed E-state index contributed by atoms with van der Waals surface area (Å²) in [6.45, 7) is 3.47. The van der Waals surface area contributed by atoms with Crippen LogP contribution in [0.3, 0.4) is 0 Å². The van der Waals surface area contributed by atoms with E-state index in [1.165, 1.54) is 18.4 Å². The first kappa shape index (κ1) is 25.6. The zero-order chi connectivity index (χ0) is 21.2. The molecule has 0 radical (unpaired) electrons. The van der Waals surface area contributed by atoms with Crippen molar-refractivity contribution >= 4 is 39.8 Å². The number of halogens is 1. The molecular formula is C23H33IN4O2S. The Morgan fingerprint density at radius 3 is 2.42 bits per heavy atom. The van der Waals surface area contributed by atoms with E-state index in [1.54, 1.807) is 31.3 Å². The first-order chi connectivity index (χ1) is 14.6. The van der Waals surface area contributed by atoms with Gasteiger partial charge < -0.3 is 10.6 Å². The van der Waals surface area contributed by atoms with Crippen LogP contribution in [0.2, 0.25) is 0 Å². The van der Waals surface area contributed by atoms with Crippen LogP contribution in [0.5, 0.6) is 0 Å². The van der Waals surface area contributed by atoms with Gasteiger partial charge >= 0.3 is 0 Å². The molecule has 1 saturated heterocycles. The second kappa shape index (κ2) is 13.0. The Kier molecular flexibility index (Phi) is 10.8. The fourth-order valence-electron chi connectivity index (χ4n) is 3.80. The molecule has 2 aromatic carbocycles. The van der Waals surface area contributed by atoms with E-state index in [9.17, 15) is 8.42 Å². The zero-order valence-electron chi connectivity index (χ0n) is 18.0. The molecule has 1 fully saturated rings. The van der Waals surface area contributed by atoms with E-state index in [-0.39, 0.29) is 29.7 Å². The van der Waals surface area contributed by atoms with Gasteiger partial charge in [-0.05, 0) is 43.5 Å². The van der Waals surface area contributed by atoms with E-state index in [4.69, 9.17) is 0 Å². The lowest BCUT2D eigenvalue weighted by Crippen LogP contribution is -2.45. The van der Waals surface area contributed by atoms with Gasteiger partial charge in [-0.15, -0.1) is 24.0 Å². The number of nitrogens with zero attached hydrogens (tertiary/aromatic N) is 2. The maximum absolute atomic E-state index is 12.4. The molecule has 0 saturated carbocycles. The first-order valence-corrected chi connectivity index (χ1v) is 12.2. The number of rotatable bonds is 9. The third-order valence-electron chi connectivity index (χ3n) is 5.44. The maximum Gasteiger partial charge on any atom is 0.191 e. The lowest BCUT2D eigenvalue weighted by atomic mass is 10.2. The topological polar surface area (TPSA) is 73.8 Å². The van der Waals surface area contributed by atoms with Gasteiger partial charge in [-0.1, -0.05) is 48.5 Å². The van der Waals surface area contributed by atoms with Gasteiger partial charge in [-0.3, -0.25) is 9.89 Å². The van der Waals surface area contributed by atoms with Crippen LogP contribution in [0.15, 0.2) is 70.6 Å². The summed E-state index contributed by atoms with van der Waals surface area (Å²) < 4.78 is 24.7. The summed E-state index contributed by atoms with van der Waals surface area (Å²) in [4.78, 5) is 7.17. The molecule has 1 aliphatic heterocycles. The SMILES string of the molecule is CN=C(NCCCS(=O)(=O)c1ccccc1)NCC1CCCN1Cc1ccccc1.I. The molecule has 3 rings (SSSR count). The van der Waals surface area contributed by atoms with Crippen LogP contribution < -0.4 is 10.6 Å². The van der Waals surface area contributed by atoms with Crippen molar-refractivity contribution in [3.05, 3.63) is 66.2 Å². The summed E-state index contributed by atoms with van der Waals surface area (Å²) in [5, 5.41) is 6.64. The molecule has 2 N–H and O–H groups in total. The van der Waals surface area contributed by atoms with Crippen molar-refractivity contribution in [3.63, 3.8) is 0 Å². The molecule has 0 bridgehead atoms. The van der Waals surface area contributed by atoms with E-state index in [0.717, 1.165) is 25.6 Å². The molecule has 0 amide bonds. The lowest BCUT2D eigenvalue weighted by molar-refractivity contribution is 0.245. The zero-order valence-corrected chi connectivity index (χ0v) is 21.2. The Balaban J connectivity index is 0.00000341. The number of benzene rings is 2. The summed E-state index contributed by atoms with van der Waals surface area (Å²) in [6, 6.07) is 19.7. The van der Waals surface area contributed by atoms with Crippen LogP contribution in [-0.2, 0) is 16.4 Å². The molecule has 0 spiro atoms. The highest BCUT2D eigenvalue weighted by atomic mass is 127. The molecule has 31 heavy (non-hydrogen) atoms. The van der Waals surface area contributed by atoms with Crippen molar-refractivity contribution in [2.75, 3.05) is 32.4 Å². The molecule has 0 aliphatic carbocycles. The van der Waals surface area contributed by atoms with Gasteiger partial charge in [0.1, 0.15) is 0 Å². The number of aliphatic imine (C=N–C) groups is 1. The van der Waals surface area contributed by atoms with Gasteiger partial charge in [0.15, 0.2) is 15.8 Å². The van der Waals surface area contributed by atoms with E-state index in [2.05, 4.69) is 44.8 Å². The van der Waals surface area contributed by atoms with Gasteiger partial charge in [0.2, 0.25) is 0 Å². The van der Waals surface area contributed by atoms with Crippen LogP contribution in [0.25, 0.3) is 0 Å². The number of sulfone groups is 1. The second-order valence-corrected chi connectivity index (χ2v) is 9.73. The van der Waals surface area contributed by atoms with Gasteiger partial charge in [-0.2, -0.15) is 0 Å². The summed E-state index contributed by atoms with van der Waals surface area (Å²) in [7, 11) is -1.49. The quantitative estimate of drug-likeness (QED) is 0.215. The molecule has 8 heteroatoms. The molecule has 170 valence electrons. The van der Waals surface area contributed by atoms with Crippen molar-refractivity contribution in [2.45, 2.75) is 36.7 Å². The van der Waals surface area contributed by atoms with Crippen LogP contribution in [-0.4, -0.2) is 57.8 Å². The van der Waals surface area contributed by atoms with E-state index in [0.29, 0.717) is 23.9 Å². The largest absolute Gasteiger partial charge is 0.356 e. The Labute approximate surface area is 203 Å². The molecular weight excluding hydrogens is 523 g/mol. The van der Waals surface area contributed by atoms with Crippen LogP contribution in [0.4, 0.5) is 0 Å². The Morgan fingerprint density at radius 2 is 1.74 bits per heavy atom. The molecule has 1 atom stereocenters. The minimum Gasteiger partial charge on any atom is -0.356 e. The molecule has 6 nitrogen and oxygen atoms in total. The summed E-state index contributed by atoms with van der Waals surface area (Å²) >= 11 is 0. The van der Waals surface area contributed by atoms with Crippen LogP contribution in [0, 0.1) is 0 Å². The van der Waals surface area contributed by atoms with E-state index >= 15 is 0 Å². The van der Waals surface area contributed by atoms with Crippen molar-refractivity contribution < 1.29 is 8.42 Å². The number of nitrogens with one attached hydrogen (secondary N) is 2. The number of hydrogen-bond acceptors (Lipinski definition) is 4. The first-order valence-electron chi connectivity index (χ1n) is 10.6. The van der Waals surface area contributed by atoms with Crippen LogP contribution in [0.1, 0.15) is 24.8 Å². The van der Waals surface area contributed by atoms with Crippen LogP contribution >= 0.6 is 24.0 Å². The number of hydrogen-bond donors (Lipinski definition) is 2. The minimum absolute atomic E-state index is 0. The van der Waals surface area contributed by atoms with Crippen molar-refractivity contribution in [1.82, 2.24) is 15.5 Å². The Bertz CT molecular complexity index is 908. The van der Waals surface area contributed by atoms with E-state index in [1.807, 2.05) is 12.1 Å². The van der Waals surface area contributed by atoms with Gasteiger partial charge in [-0.25, -0.2) is 8.42 Å². The standard InChI is InChI=1S/C23H32N4O2S.HI/c1-24-23(25-15-9-17-30(28,29)22-13-6-3-7-14-22)26-18-21-12-8-16-27(21)19-20-10-4-2-5-11-20;/h2-7,10-11,13-14,21H,8-9,12,15-19H2,1H3,(H2,24,25,26);1H. The van der Waals surface area contributed by atoms with Crippen molar-refractivity contribution in [3.8, 4) is 0 Å². The Hall–Kier alpha value is -1.65. The predicted octanol–water partition coefficient (Wildman–Crippen LogP) is 3.30. The second-order valence-electron chi connectivity index (χ2n) is 7.62. The normalized spacial score (nSPS) is 17.2. The minimum atomic E-state index is -3.23. The van der Waals surface area contributed by atoms with Crippen molar-refractivity contribution in [2.24, 2.45) is 4.99 Å². The third-order valence-corrected chi connectivity index (χ3v) is 7.26. The fraction of sp³-hybridized carbons (Fsp3) is 0.435. The Morgan fingerprint density at radius 1 is 1.06 bits per heavy atom. The molecule has 0 aromatic heterocycles. The molecule has 1 unspecified atom stereocenters. The molecule has 1 aliphatic rings. The summed E-state index contributed by atoms with van der Waals surface area (Å²) in [6.07, 6.45) is 2.91. The maximum atomic E-state index is 12.4. The summed E-state index contributed by atoms with van der Waals surface area (Å²) in [5.41, 5.74) is 1.34. The third kappa shape index (κ3) is 8.08. The van der Waals surface area contributed by atoms with E-state index < -0.39 is 9.84 Å². The van der Waals surface area contributed by atoms with Crippen molar-refractivity contribution in [1.29, 1.82) is 0 Å². The predicted molar refractivity (Wildman–Crippen MR) is 138 cm³/mol.